The summed E-state index contributed by atoms with van der Waals surface area (Å²) in [5.74, 6) is -1.03. The second-order valence-corrected chi connectivity index (χ2v) is 8.70. The van der Waals surface area contributed by atoms with Crippen LogP contribution in [0.2, 0.25) is 0 Å². The molecule has 0 aliphatic carbocycles. The van der Waals surface area contributed by atoms with Gasteiger partial charge in [0.25, 0.3) is 0 Å². The fourth-order valence-corrected chi connectivity index (χ4v) is 3.69. The summed E-state index contributed by atoms with van der Waals surface area (Å²) in [7, 11) is 1.52. The normalized spacial score (nSPS) is 30.3. The smallest absolute Gasteiger partial charge is 0.342 e. The highest BCUT2D eigenvalue weighted by Gasteiger charge is 2.43. The number of methoxy groups -OCH3 is 1. The van der Waals surface area contributed by atoms with Crippen LogP contribution in [0.5, 0.6) is 5.75 Å². The average molecular weight is 445 g/mol. The van der Waals surface area contributed by atoms with Crippen molar-refractivity contribution in [2.45, 2.75) is 52.1 Å². The number of cyclic esters (lactones) is 1. The quantitative estimate of drug-likeness (QED) is 0.511. The first-order chi connectivity index (χ1) is 15.2. The first-order valence-electron chi connectivity index (χ1n) is 10.9. The van der Waals surface area contributed by atoms with Crippen molar-refractivity contribution in [3.63, 3.8) is 0 Å². The summed E-state index contributed by atoms with van der Waals surface area (Å²) in [6.45, 7) is 7.77. The lowest BCUT2D eigenvalue weighted by Gasteiger charge is -2.18. The lowest BCUT2D eigenvalue weighted by atomic mass is 9.95. The molecule has 1 aromatic rings. The summed E-state index contributed by atoms with van der Waals surface area (Å²) < 4.78 is 28.1. The molecular weight excluding hydrogens is 412 g/mol. The Morgan fingerprint density at radius 1 is 1.12 bits per heavy atom. The number of hydrogen-bond donors (Lipinski definition) is 0. The van der Waals surface area contributed by atoms with Gasteiger partial charge in [-0.25, -0.2) is 4.79 Å². The third kappa shape index (κ3) is 5.85. The third-order valence-electron chi connectivity index (χ3n) is 5.66. The van der Waals surface area contributed by atoms with E-state index in [4.69, 9.17) is 23.7 Å². The second kappa shape index (κ2) is 10.4. The Balaban J connectivity index is 1.98. The summed E-state index contributed by atoms with van der Waals surface area (Å²) in [6, 6.07) is 5.33. The minimum absolute atomic E-state index is 0.00663. The average Bonchev–Trinajstić information content (AvgIpc) is 3.07. The van der Waals surface area contributed by atoms with Gasteiger partial charge in [0.2, 0.25) is 0 Å². The monoisotopic (exact) mass is 444 g/mol. The molecule has 7 nitrogen and oxygen atoms in total. The number of ether oxygens (including phenoxy) is 5. The zero-order chi connectivity index (χ0) is 23.3. The van der Waals surface area contributed by atoms with Crippen LogP contribution in [0.4, 0.5) is 0 Å². The van der Waals surface area contributed by atoms with Crippen LogP contribution in [0.25, 0.3) is 6.08 Å². The van der Waals surface area contributed by atoms with E-state index in [1.54, 1.807) is 32.1 Å². The van der Waals surface area contributed by atoms with E-state index in [9.17, 15) is 9.59 Å². The van der Waals surface area contributed by atoms with Gasteiger partial charge in [-0.05, 0) is 49.8 Å². The number of rotatable bonds is 3. The molecule has 0 spiro atoms. The van der Waals surface area contributed by atoms with E-state index in [0.717, 1.165) is 0 Å². The fraction of sp³-hybridized carbons (Fsp3) is 0.520. The highest BCUT2D eigenvalue weighted by atomic mass is 16.8. The molecule has 2 heterocycles. The summed E-state index contributed by atoms with van der Waals surface area (Å²) >= 11 is 0. The Morgan fingerprint density at radius 3 is 2.66 bits per heavy atom. The van der Waals surface area contributed by atoms with Crippen molar-refractivity contribution < 1.29 is 33.3 Å². The lowest BCUT2D eigenvalue weighted by Crippen LogP contribution is -2.30. The second-order valence-electron chi connectivity index (χ2n) is 8.70. The molecule has 2 aliphatic rings. The largest absolute Gasteiger partial charge is 0.467 e. The molecule has 1 aromatic carbocycles. The maximum Gasteiger partial charge on any atom is 0.342 e. The number of hydrogen-bond acceptors (Lipinski definition) is 7. The summed E-state index contributed by atoms with van der Waals surface area (Å²) in [5, 5.41) is 0. The Labute approximate surface area is 189 Å². The number of allylic oxidation sites excluding steroid dienone is 1. The van der Waals surface area contributed by atoms with Crippen LogP contribution < -0.4 is 4.74 Å². The van der Waals surface area contributed by atoms with E-state index < -0.39 is 24.0 Å². The number of carbonyl (C=O) groups excluding carboxylic acids is 2. The number of esters is 1. The van der Waals surface area contributed by atoms with Gasteiger partial charge in [0.05, 0.1) is 12.7 Å². The van der Waals surface area contributed by atoms with Crippen molar-refractivity contribution in [3.8, 4) is 5.75 Å². The van der Waals surface area contributed by atoms with Crippen LogP contribution in [0.3, 0.4) is 0 Å². The van der Waals surface area contributed by atoms with Crippen LogP contribution in [0.1, 0.15) is 50.0 Å². The van der Waals surface area contributed by atoms with Gasteiger partial charge >= 0.3 is 5.97 Å². The van der Waals surface area contributed by atoms with Crippen LogP contribution >= 0.6 is 0 Å². The van der Waals surface area contributed by atoms with Gasteiger partial charge in [-0.1, -0.05) is 44.2 Å². The molecule has 0 saturated carbocycles. The van der Waals surface area contributed by atoms with E-state index >= 15 is 0 Å². The van der Waals surface area contributed by atoms with Crippen molar-refractivity contribution in [2.75, 3.05) is 20.5 Å². The third-order valence-corrected chi connectivity index (χ3v) is 5.66. The Bertz CT molecular complexity index is 886. The topological polar surface area (TPSA) is 80.3 Å². The minimum atomic E-state index is -0.847. The molecule has 1 fully saturated rings. The van der Waals surface area contributed by atoms with E-state index in [0.29, 0.717) is 23.3 Å². The first-order valence-corrected chi connectivity index (χ1v) is 10.9. The van der Waals surface area contributed by atoms with Gasteiger partial charge in [-0.2, -0.15) is 0 Å². The molecule has 4 atom stereocenters. The zero-order valence-corrected chi connectivity index (χ0v) is 19.3. The van der Waals surface area contributed by atoms with Crippen molar-refractivity contribution in [3.05, 3.63) is 47.6 Å². The van der Waals surface area contributed by atoms with Gasteiger partial charge in [-0.3, -0.25) is 4.79 Å². The Hall–Kier alpha value is -2.48. The van der Waals surface area contributed by atoms with Gasteiger partial charge in [0, 0.05) is 7.11 Å². The summed E-state index contributed by atoms with van der Waals surface area (Å²) in [4.78, 5) is 25.8. The maximum atomic E-state index is 13.0. The van der Waals surface area contributed by atoms with Gasteiger partial charge < -0.3 is 23.7 Å². The maximum absolute atomic E-state index is 13.0. The minimum Gasteiger partial charge on any atom is -0.467 e. The van der Waals surface area contributed by atoms with Crippen LogP contribution in [0.15, 0.2) is 36.4 Å². The number of fused-ring (bicyclic) bond motifs is 2. The molecular formula is C25H32O7. The molecule has 0 N–H and O–H groups in total. The summed E-state index contributed by atoms with van der Waals surface area (Å²) in [5.41, 5.74) is 0.987. The molecule has 1 saturated heterocycles. The molecule has 0 aromatic heterocycles. The Morgan fingerprint density at radius 2 is 1.91 bits per heavy atom. The van der Waals surface area contributed by atoms with Crippen LogP contribution in [-0.4, -0.2) is 50.3 Å². The van der Waals surface area contributed by atoms with E-state index in [2.05, 4.69) is 0 Å². The molecule has 0 radical (unpaired) electrons. The Kier molecular flexibility index (Phi) is 7.87. The predicted molar refractivity (Wildman–Crippen MR) is 119 cm³/mol. The zero-order valence-electron chi connectivity index (χ0n) is 19.3. The predicted octanol–water partition coefficient (Wildman–Crippen LogP) is 4.16. The first kappa shape index (κ1) is 24.2. The summed E-state index contributed by atoms with van der Waals surface area (Å²) in [6.07, 6.45) is 6.40. The highest BCUT2D eigenvalue weighted by Crippen LogP contribution is 2.32. The standard InChI is InChI=1S/C25H32O7/c1-16-12-13-19(26)23-21(31-25(3,4)32-23)11-7-9-18-8-6-10-20(30-15-28-5)22(18)24(27)29-14-17(16)2/h6-10,12-13,16-17,21,23H,11,14-15H2,1-5H3/b9-7+,13-12-/t16-,17+,21+,23-/m1/s1. The molecule has 32 heavy (non-hydrogen) atoms. The molecule has 174 valence electrons. The van der Waals surface area contributed by atoms with Crippen LogP contribution in [-0.2, 0) is 23.7 Å². The number of carbonyl (C=O) groups is 2. The van der Waals surface area contributed by atoms with Crippen molar-refractivity contribution in [2.24, 2.45) is 11.8 Å². The molecule has 7 heteroatoms. The van der Waals surface area contributed by atoms with Crippen molar-refractivity contribution in [1.29, 1.82) is 0 Å². The van der Waals surface area contributed by atoms with Gasteiger partial charge in [0.1, 0.15) is 17.4 Å². The van der Waals surface area contributed by atoms with E-state index in [1.165, 1.54) is 7.11 Å². The molecule has 2 aliphatic heterocycles. The van der Waals surface area contributed by atoms with Crippen molar-refractivity contribution >= 4 is 17.8 Å². The number of benzene rings is 1. The van der Waals surface area contributed by atoms with Gasteiger partial charge in [0.15, 0.2) is 18.4 Å². The fourth-order valence-electron chi connectivity index (χ4n) is 3.69. The lowest BCUT2D eigenvalue weighted by molar-refractivity contribution is -0.152. The van der Waals surface area contributed by atoms with Crippen LogP contribution in [0, 0.1) is 11.8 Å². The highest BCUT2D eigenvalue weighted by molar-refractivity contribution is 5.97. The molecule has 0 amide bonds. The van der Waals surface area contributed by atoms with E-state index in [1.807, 2.05) is 38.1 Å². The SMILES string of the molecule is COCOc1cccc2c1C(=O)OC[C@H](C)[C@H](C)/C=C\C(=O)[C@H]1OC(C)(C)O[C@H]1C/C=C/2. The molecule has 3 rings (SSSR count). The van der Waals surface area contributed by atoms with Crippen molar-refractivity contribution in [1.82, 2.24) is 0 Å². The van der Waals surface area contributed by atoms with Gasteiger partial charge in [-0.15, -0.1) is 0 Å². The molecule has 0 bridgehead atoms. The molecule has 0 unspecified atom stereocenters. The van der Waals surface area contributed by atoms with E-state index in [-0.39, 0.29) is 31.0 Å². The number of ketones is 1.